The van der Waals surface area contributed by atoms with Gasteiger partial charge in [0, 0.05) is 11.6 Å². The molecule has 2 aromatic heterocycles. The molecule has 2 heterocycles. The first kappa shape index (κ1) is 10.5. The lowest BCUT2D eigenvalue weighted by Crippen LogP contribution is -2.25. The van der Waals surface area contributed by atoms with Crippen molar-refractivity contribution in [3.8, 4) is 0 Å². The van der Waals surface area contributed by atoms with E-state index in [1.807, 2.05) is 22.6 Å². The number of carbonyl (C=O) groups is 1. The minimum absolute atomic E-state index is 0.0125. The van der Waals surface area contributed by atoms with Crippen molar-refractivity contribution in [3.05, 3.63) is 42.5 Å². The van der Waals surface area contributed by atoms with Crippen molar-refractivity contribution in [2.45, 2.75) is 18.9 Å². The van der Waals surface area contributed by atoms with Gasteiger partial charge in [0.2, 0.25) is 0 Å². The van der Waals surface area contributed by atoms with Crippen molar-refractivity contribution in [2.75, 3.05) is 0 Å². The summed E-state index contributed by atoms with van der Waals surface area (Å²) in [6.45, 7) is 0. The van der Waals surface area contributed by atoms with E-state index in [1.165, 1.54) is 0 Å². The van der Waals surface area contributed by atoms with Gasteiger partial charge in [0.1, 0.15) is 0 Å². The molecule has 0 unspecified atom stereocenters. The number of hydrogen-bond donors (Lipinski definition) is 1. The quantitative estimate of drug-likeness (QED) is 0.756. The fraction of sp³-hybridized carbons (Fsp3) is 0.214. The molecule has 1 fully saturated rings. The summed E-state index contributed by atoms with van der Waals surface area (Å²) in [6.07, 6.45) is 7.45. The molecule has 1 aliphatic rings. The number of aromatic nitrogens is 3. The van der Waals surface area contributed by atoms with Gasteiger partial charge in [-0.05, 0) is 31.0 Å². The Bertz CT molecular complexity index is 788. The zero-order valence-corrected chi connectivity index (χ0v) is 10.2. The van der Waals surface area contributed by atoms with Gasteiger partial charge < -0.3 is 5.32 Å². The van der Waals surface area contributed by atoms with E-state index in [0.717, 1.165) is 29.4 Å². The third-order valence-corrected chi connectivity index (χ3v) is 3.41. The van der Waals surface area contributed by atoms with Crippen LogP contribution in [0.1, 0.15) is 23.2 Å². The van der Waals surface area contributed by atoms with Gasteiger partial charge in [-0.15, -0.1) is 0 Å². The number of benzene rings is 1. The molecule has 0 radical (unpaired) electrons. The molecular formula is C14H12N4O. The normalized spacial score (nSPS) is 14.9. The van der Waals surface area contributed by atoms with Crippen LogP contribution in [0.15, 0.2) is 36.9 Å². The summed E-state index contributed by atoms with van der Waals surface area (Å²) in [7, 11) is 0. The third-order valence-electron chi connectivity index (χ3n) is 3.41. The van der Waals surface area contributed by atoms with E-state index in [1.54, 1.807) is 18.7 Å². The first-order chi connectivity index (χ1) is 9.31. The number of rotatable bonds is 2. The largest absolute Gasteiger partial charge is 0.349 e. The fourth-order valence-electron chi connectivity index (χ4n) is 2.20. The predicted molar refractivity (Wildman–Crippen MR) is 71.0 cm³/mol. The average molecular weight is 252 g/mol. The fourth-order valence-corrected chi connectivity index (χ4v) is 2.20. The summed E-state index contributed by atoms with van der Waals surface area (Å²) in [4.78, 5) is 20.5. The molecule has 5 heteroatoms. The van der Waals surface area contributed by atoms with E-state index in [0.29, 0.717) is 11.6 Å². The Morgan fingerprint density at radius 3 is 3.05 bits per heavy atom. The summed E-state index contributed by atoms with van der Waals surface area (Å²) >= 11 is 0. The van der Waals surface area contributed by atoms with Crippen molar-refractivity contribution in [2.24, 2.45) is 0 Å². The Hall–Kier alpha value is -2.43. The van der Waals surface area contributed by atoms with E-state index < -0.39 is 0 Å². The van der Waals surface area contributed by atoms with Crippen LogP contribution in [0, 0.1) is 0 Å². The van der Waals surface area contributed by atoms with Gasteiger partial charge in [0.15, 0.2) is 0 Å². The molecule has 1 saturated carbocycles. The Labute approximate surface area is 109 Å². The summed E-state index contributed by atoms with van der Waals surface area (Å²) in [5.74, 6) is -0.0125. The minimum atomic E-state index is -0.0125. The molecule has 3 aromatic rings. The highest BCUT2D eigenvalue weighted by Crippen LogP contribution is 2.20. The van der Waals surface area contributed by atoms with E-state index in [4.69, 9.17) is 0 Å². The van der Waals surface area contributed by atoms with E-state index in [2.05, 4.69) is 15.3 Å². The molecule has 0 spiro atoms. The molecule has 0 atom stereocenters. The van der Waals surface area contributed by atoms with E-state index in [9.17, 15) is 4.79 Å². The van der Waals surface area contributed by atoms with Crippen LogP contribution >= 0.6 is 0 Å². The highest BCUT2D eigenvalue weighted by atomic mass is 16.1. The highest BCUT2D eigenvalue weighted by molar-refractivity contribution is 5.97. The summed E-state index contributed by atoms with van der Waals surface area (Å²) < 4.78 is 1.94. The monoisotopic (exact) mass is 252 g/mol. The van der Waals surface area contributed by atoms with E-state index >= 15 is 0 Å². The van der Waals surface area contributed by atoms with Crippen LogP contribution in [0.5, 0.6) is 0 Å². The number of nitrogens with zero attached hydrogens (tertiary/aromatic N) is 3. The summed E-state index contributed by atoms with van der Waals surface area (Å²) in [5, 5.41) is 2.99. The number of hydrogen-bond acceptors (Lipinski definition) is 3. The maximum atomic E-state index is 12.1. The Morgan fingerprint density at radius 2 is 2.21 bits per heavy atom. The molecule has 1 aliphatic carbocycles. The van der Waals surface area contributed by atoms with Gasteiger partial charge >= 0.3 is 0 Å². The smallest absolute Gasteiger partial charge is 0.251 e. The third kappa shape index (κ3) is 1.74. The molecule has 0 aliphatic heterocycles. The number of fused-ring (bicyclic) bond motifs is 3. The van der Waals surface area contributed by atoms with Crippen LogP contribution in [-0.4, -0.2) is 26.3 Å². The molecule has 5 nitrogen and oxygen atoms in total. The molecule has 19 heavy (non-hydrogen) atoms. The standard InChI is InChI=1S/C14H12N4O/c19-14(17-10-2-3-10)9-1-4-12-13(5-9)18-8-15-6-11(18)7-16-12/h1,4-8,10H,2-3H2,(H,17,19). The molecule has 0 bridgehead atoms. The number of nitrogens with one attached hydrogen (secondary N) is 1. The van der Waals surface area contributed by atoms with Crippen LogP contribution in [0.4, 0.5) is 0 Å². The predicted octanol–water partition coefficient (Wildman–Crippen LogP) is 1.77. The van der Waals surface area contributed by atoms with Crippen LogP contribution in [0.3, 0.4) is 0 Å². The van der Waals surface area contributed by atoms with Crippen LogP contribution in [-0.2, 0) is 0 Å². The molecule has 0 saturated heterocycles. The lowest BCUT2D eigenvalue weighted by Gasteiger charge is -2.06. The van der Waals surface area contributed by atoms with E-state index in [-0.39, 0.29) is 5.91 Å². The molecular weight excluding hydrogens is 240 g/mol. The number of amides is 1. The summed E-state index contributed by atoms with van der Waals surface area (Å²) in [5.41, 5.74) is 3.35. The van der Waals surface area contributed by atoms with Gasteiger partial charge in [0.25, 0.3) is 5.91 Å². The molecule has 4 rings (SSSR count). The maximum absolute atomic E-state index is 12.1. The van der Waals surface area contributed by atoms with Gasteiger partial charge in [-0.2, -0.15) is 0 Å². The zero-order valence-electron chi connectivity index (χ0n) is 10.2. The maximum Gasteiger partial charge on any atom is 0.251 e. The lowest BCUT2D eigenvalue weighted by molar-refractivity contribution is 0.0951. The SMILES string of the molecule is O=C(NC1CC1)c1ccc2ncc3cncn3c2c1. The van der Waals surface area contributed by atoms with Crippen LogP contribution in [0.25, 0.3) is 16.6 Å². The second kappa shape index (κ2) is 3.78. The van der Waals surface area contributed by atoms with Crippen molar-refractivity contribution in [3.63, 3.8) is 0 Å². The van der Waals surface area contributed by atoms with Crippen molar-refractivity contribution >= 4 is 22.5 Å². The second-order valence-corrected chi connectivity index (χ2v) is 4.90. The Balaban J connectivity index is 1.86. The van der Waals surface area contributed by atoms with Gasteiger partial charge in [-0.3, -0.25) is 14.2 Å². The second-order valence-electron chi connectivity index (χ2n) is 4.90. The molecule has 94 valence electrons. The number of carbonyl (C=O) groups excluding carboxylic acids is 1. The molecule has 1 amide bonds. The van der Waals surface area contributed by atoms with Crippen molar-refractivity contribution in [1.82, 2.24) is 19.7 Å². The number of imidazole rings is 1. The van der Waals surface area contributed by atoms with Crippen LogP contribution in [0.2, 0.25) is 0 Å². The Kier molecular flexibility index (Phi) is 2.09. The topological polar surface area (TPSA) is 59.3 Å². The van der Waals surface area contributed by atoms with Gasteiger partial charge in [-0.25, -0.2) is 4.98 Å². The van der Waals surface area contributed by atoms with Crippen LogP contribution < -0.4 is 5.32 Å². The summed E-state index contributed by atoms with van der Waals surface area (Å²) in [6, 6.07) is 5.92. The average Bonchev–Trinajstić information content (AvgIpc) is 3.11. The first-order valence-corrected chi connectivity index (χ1v) is 6.33. The van der Waals surface area contributed by atoms with Gasteiger partial charge in [-0.1, -0.05) is 0 Å². The van der Waals surface area contributed by atoms with Crippen molar-refractivity contribution < 1.29 is 4.79 Å². The first-order valence-electron chi connectivity index (χ1n) is 6.33. The van der Waals surface area contributed by atoms with Crippen molar-refractivity contribution in [1.29, 1.82) is 0 Å². The highest BCUT2D eigenvalue weighted by Gasteiger charge is 2.23. The van der Waals surface area contributed by atoms with Gasteiger partial charge in [0.05, 0.1) is 35.3 Å². The molecule has 1 aromatic carbocycles. The zero-order chi connectivity index (χ0) is 12.8. The Morgan fingerprint density at radius 1 is 1.32 bits per heavy atom. The minimum Gasteiger partial charge on any atom is -0.349 e. The lowest BCUT2D eigenvalue weighted by atomic mass is 10.1. The molecule has 1 N–H and O–H groups in total.